The van der Waals surface area contributed by atoms with Gasteiger partial charge in [-0.1, -0.05) is 0 Å². The van der Waals surface area contributed by atoms with Crippen molar-refractivity contribution in [3.63, 3.8) is 0 Å². The van der Waals surface area contributed by atoms with Crippen LogP contribution in [0.3, 0.4) is 0 Å². The molecule has 2 aromatic rings. The molecule has 1 saturated heterocycles. The molecule has 1 aromatic heterocycles. The molecule has 0 bridgehead atoms. The Morgan fingerprint density at radius 3 is 2.70 bits per heavy atom. The van der Waals surface area contributed by atoms with Gasteiger partial charge in [-0.25, -0.2) is 8.78 Å². The number of nitrogens with zero attached hydrogens (tertiary/aromatic N) is 3. The second kappa shape index (κ2) is 5.20. The molecule has 1 aromatic carbocycles. The second-order valence-corrected chi connectivity index (χ2v) is 4.96. The van der Waals surface area contributed by atoms with Crippen LogP contribution in [0.4, 0.5) is 8.78 Å². The normalized spacial score (nSPS) is 16.1. The Kier molecular flexibility index (Phi) is 3.40. The third-order valence-corrected chi connectivity index (χ3v) is 3.43. The van der Waals surface area contributed by atoms with Crippen molar-refractivity contribution >= 4 is 0 Å². The van der Waals surface area contributed by atoms with Crippen molar-refractivity contribution in [3.8, 4) is 5.75 Å². The summed E-state index contributed by atoms with van der Waals surface area (Å²) in [6.45, 7) is 2.35. The lowest BCUT2D eigenvalue weighted by molar-refractivity contribution is 0.0129. The second-order valence-electron chi connectivity index (χ2n) is 4.96. The van der Waals surface area contributed by atoms with Crippen LogP contribution < -0.4 is 4.74 Å². The Balaban J connectivity index is 1.51. The molecule has 1 aliphatic rings. The quantitative estimate of drug-likeness (QED) is 0.857. The molecular weight excluding hydrogens is 264 g/mol. The topological polar surface area (TPSA) is 30.3 Å². The summed E-state index contributed by atoms with van der Waals surface area (Å²) in [6.07, 6.45) is 1.79. The Hall–Kier alpha value is -1.95. The number of likely N-dealkylation sites (tertiary alicyclic amines) is 1. The van der Waals surface area contributed by atoms with Gasteiger partial charge >= 0.3 is 0 Å². The highest BCUT2D eigenvalue weighted by molar-refractivity contribution is 5.24. The minimum Gasteiger partial charge on any atom is -0.488 e. The van der Waals surface area contributed by atoms with Crippen LogP contribution in [0.1, 0.15) is 5.69 Å². The van der Waals surface area contributed by atoms with Gasteiger partial charge in [-0.05, 0) is 18.2 Å². The van der Waals surface area contributed by atoms with E-state index in [1.165, 1.54) is 6.07 Å². The SMILES string of the molecule is Cn1nccc1CN1CC(Oc2ccc(F)c(F)c2)C1. The van der Waals surface area contributed by atoms with Gasteiger partial charge in [-0.15, -0.1) is 0 Å². The van der Waals surface area contributed by atoms with Crippen molar-refractivity contribution in [1.29, 1.82) is 0 Å². The van der Waals surface area contributed by atoms with Crippen molar-refractivity contribution in [1.82, 2.24) is 14.7 Å². The summed E-state index contributed by atoms with van der Waals surface area (Å²) in [5, 5.41) is 4.11. The minimum absolute atomic E-state index is 0.0214. The van der Waals surface area contributed by atoms with Crippen LogP contribution >= 0.6 is 0 Å². The van der Waals surface area contributed by atoms with Gasteiger partial charge in [-0.3, -0.25) is 9.58 Å². The molecule has 0 atom stereocenters. The summed E-state index contributed by atoms with van der Waals surface area (Å²) >= 11 is 0. The summed E-state index contributed by atoms with van der Waals surface area (Å²) in [7, 11) is 1.91. The van der Waals surface area contributed by atoms with Gasteiger partial charge in [0.1, 0.15) is 11.9 Å². The van der Waals surface area contributed by atoms with Crippen molar-refractivity contribution in [2.24, 2.45) is 7.05 Å². The predicted octanol–water partition coefficient (Wildman–Crippen LogP) is 1.96. The molecule has 0 N–H and O–H groups in total. The molecule has 0 spiro atoms. The number of aryl methyl sites for hydroxylation is 1. The average Bonchev–Trinajstić information content (AvgIpc) is 2.77. The number of hydrogen-bond donors (Lipinski definition) is 0. The van der Waals surface area contributed by atoms with Gasteiger partial charge in [0.2, 0.25) is 0 Å². The molecule has 0 saturated carbocycles. The van der Waals surface area contributed by atoms with E-state index >= 15 is 0 Å². The molecule has 20 heavy (non-hydrogen) atoms. The monoisotopic (exact) mass is 279 g/mol. The first-order valence-electron chi connectivity index (χ1n) is 6.43. The van der Waals surface area contributed by atoms with E-state index in [9.17, 15) is 8.78 Å². The number of hydrogen-bond acceptors (Lipinski definition) is 3. The number of halogens is 2. The van der Waals surface area contributed by atoms with Crippen LogP contribution in [0.5, 0.6) is 5.75 Å². The average molecular weight is 279 g/mol. The maximum Gasteiger partial charge on any atom is 0.162 e. The summed E-state index contributed by atoms with van der Waals surface area (Å²) in [5.74, 6) is -1.37. The predicted molar refractivity (Wildman–Crippen MR) is 69.3 cm³/mol. The summed E-state index contributed by atoms with van der Waals surface area (Å²) < 4.78 is 33.3. The lowest BCUT2D eigenvalue weighted by Crippen LogP contribution is -2.53. The molecule has 3 rings (SSSR count). The zero-order valence-electron chi connectivity index (χ0n) is 11.1. The van der Waals surface area contributed by atoms with Gasteiger partial charge in [0.15, 0.2) is 11.6 Å². The van der Waals surface area contributed by atoms with Gasteiger partial charge < -0.3 is 4.74 Å². The summed E-state index contributed by atoms with van der Waals surface area (Å²) in [6, 6.07) is 5.58. The largest absolute Gasteiger partial charge is 0.488 e. The maximum absolute atomic E-state index is 13.0. The fourth-order valence-corrected chi connectivity index (χ4v) is 2.25. The van der Waals surface area contributed by atoms with E-state index in [0.717, 1.165) is 37.5 Å². The zero-order chi connectivity index (χ0) is 14.1. The molecule has 6 heteroatoms. The van der Waals surface area contributed by atoms with Crippen LogP contribution in [0, 0.1) is 11.6 Å². The highest BCUT2D eigenvalue weighted by Crippen LogP contribution is 2.21. The van der Waals surface area contributed by atoms with E-state index in [2.05, 4.69) is 10.00 Å². The fraction of sp³-hybridized carbons (Fsp3) is 0.357. The molecule has 4 nitrogen and oxygen atoms in total. The Morgan fingerprint density at radius 2 is 2.05 bits per heavy atom. The number of aromatic nitrogens is 2. The highest BCUT2D eigenvalue weighted by Gasteiger charge is 2.29. The third kappa shape index (κ3) is 2.65. The van der Waals surface area contributed by atoms with Crippen LogP contribution in [-0.4, -0.2) is 33.9 Å². The lowest BCUT2D eigenvalue weighted by atomic mass is 10.1. The van der Waals surface area contributed by atoms with Crippen molar-refractivity contribution in [2.75, 3.05) is 13.1 Å². The molecule has 106 valence electrons. The van der Waals surface area contributed by atoms with E-state index in [-0.39, 0.29) is 6.10 Å². The van der Waals surface area contributed by atoms with Crippen LogP contribution in [0.15, 0.2) is 30.5 Å². The molecular formula is C14H15F2N3O. The molecule has 0 radical (unpaired) electrons. The molecule has 2 heterocycles. The van der Waals surface area contributed by atoms with Crippen LogP contribution in [0.25, 0.3) is 0 Å². The van der Waals surface area contributed by atoms with Crippen LogP contribution in [-0.2, 0) is 13.6 Å². The Morgan fingerprint density at radius 1 is 1.25 bits per heavy atom. The Labute approximate surface area is 115 Å². The summed E-state index contributed by atoms with van der Waals surface area (Å²) in [5.41, 5.74) is 1.14. The highest BCUT2D eigenvalue weighted by atomic mass is 19.2. The standard InChI is InChI=1S/C14H15F2N3O/c1-18-10(4-5-17-18)7-19-8-12(9-19)20-11-2-3-13(15)14(16)6-11/h2-6,12H,7-9H2,1H3. The minimum atomic E-state index is -0.881. The van der Waals surface area contributed by atoms with E-state index in [4.69, 9.17) is 4.74 Å². The van der Waals surface area contributed by atoms with Crippen molar-refractivity contribution in [2.45, 2.75) is 12.6 Å². The first-order chi connectivity index (χ1) is 9.61. The molecule has 0 amide bonds. The maximum atomic E-state index is 13.0. The third-order valence-electron chi connectivity index (χ3n) is 3.43. The smallest absolute Gasteiger partial charge is 0.162 e. The molecule has 1 fully saturated rings. The van der Waals surface area contributed by atoms with E-state index in [1.54, 1.807) is 6.20 Å². The Bertz CT molecular complexity index is 608. The number of ether oxygens (including phenoxy) is 1. The van der Waals surface area contributed by atoms with E-state index < -0.39 is 11.6 Å². The molecule has 0 unspecified atom stereocenters. The van der Waals surface area contributed by atoms with E-state index in [1.807, 2.05) is 17.8 Å². The number of benzene rings is 1. The van der Waals surface area contributed by atoms with E-state index in [0.29, 0.717) is 5.75 Å². The van der Waals surface area contributed by atoms with Crippen molar-refractivity contribution in [3.05, 3.63) is 47.8 Å². The lowest BCUT2D eigenvalue weighted by Gasteiger charge is -2.38. The molecule has 1 aliphatic heterocycles. The first-order valence-corrected chi connectivity index (χ1v) is 6.43. The first kappa shape index (κ1) is 13.1. The zero-order valence-corrected chi connectivity index (χ0v) is 11.1. The summed E-state index contributed by atoms with van der Waals surface area (Å²) in [4.78, 5) is 2.21. The van der Waals surface area contributed by atoms with Gasteiger partial charge in [0.05, 0.1) is 5.69 Å². The van der Waals surface area contributed by atoms with Gasteiger partial charge in [0, 0.05) is 38.9 Å². The van der Waals surface area contributed by atoms with Crippen molar-refractivity contribution < 1.29 is 13.5 Å². The van der Waals surface area contributed by atoms with Gasteiger partial charge in [0.25, 0.3) is 0 Å². The van der Waals surface area contributed by atoms with Gasteiger partial charge in [-0.2, -0.15) is 5.10 Å². The van der Waals surface area contributed by atoms with Crippen LogP contribution in [0.2, 0.25) is 0 Å². The molecule has 0 aliphatic carbocycles. The number of rotatable bonds is 4. The fourth-order valence-electron chi connectivity index (χ4n) is 2.25.